The van der Waals surface area contributed by atoms with Crippen LogP contribution in [-0.2, 0) is 4.57 Å². The van der Waals surface area contributed by atoms with E-state index in [0.717, 1.165) is 0 Å². The van der Waals surface area contributed by atoms with Gasteiger partial charge >= 0.3 is 7.59 Å². The Balaban J connectivity index is 2.26. The van der Waals surface area contributed by atoms with Crippen LogP contribution in [0.2, 0.25) is 0 Å². The molecular formula is C6H6N9OP. The van der Waals surface area contributed by atoms with E-state index >= 15 is 0 Å². The molecule has 86 valence electrons. The molecule has 10 nitrogen and oxygen atoms in total. The van der Waals surface area contributed by atoms with Gasteiger partial charge in [-0.15, -0.1) is 30.6 Å². The maximum atomic E-state index is 13.1. The van der Waals surface area contributed by atoms with E-state index in [1.165, 1.54) is 51.0 Å². The molecule has 0 amide bonds. The fourth-order valence-electron chi connectivity index (χ4n) is 1.35. The molecule has 0 saturated carbocycles. The van der Waals surface area contributed by atoms with Gasteiger partial charge in [0.2, 0.25) is 0 Å². The van der Waals surface area contributed by atoms with E-state index in [2.05, 4.69) is 30.6 Å². The van der Waals surface area contributed by atoms with Crippen molar-refractivity contribution in [1.29, 1.82) is 0 Å². The van der Waals surface area contributed by atoms with Gasteiger partial charge in [-0.1, -0.05) is 0 Å². The largest absolute Gasteiger partial charge is 0.378 e. The Labute approximate surface area is 94.5 Å². The molecule has 3 heterocycles. The third kappa shape index (κ3) is 1.38. The predicted molar refractivity (Wildman–Crippen MR) is 53.9 cm³/mol. The molecule has 0 spiro atoms. The third-order valence-corrected chi connectivity index (χ3v) is 4.55. The molecule has 3 rings (SSSR count). The molecule has 0 radical (unpaired) electrons. The summed E-state index contributed by atoms with van der Waals surface area (Å²) in [6.07, 6.45) is 8.09. The summed E-state index contributed by atoms with van der Waals surface area (Å²) >= 11 is 0. The Morgan fingerprint density at radius 1 is 0.588 bits per heavy atom. The van der Waals surface area contributed by atoms with Crippen LogP contribution in [-0.4, -0.2) is 43.6 Å². The Hall–Kier alpha value is -2.35. The van der Waals surface area contributed by atoms with E-state index in [9.17, 15) is 4.57 Å². The predicted octanol–water partition coefficient (Wildman–Crippen LogP) is -0.486. The second kappa shape index (κ2) is 3.59. The standard InChI is InChI=1S/C6H6N9OP/c16-17(13-1-7-8-2-13,14-3-9-10-4-14)15-5-11-12-6-15/h1-6H. The molecule has 17 heavy (non-hydrogen) atoms. The lowest BCUT2D eigenvalue weighted by Crippen LogP contribution is -2.10. The van der Waals surface area contributed by atoms with Crippen LogP contribution >= 0.6 is 7.59 Å². The third-order valence-electron chi connectivity index (χ3n) is 2.12. The van der Waals surface area contributed by atoms with Crippen molar-refractivity contribution in [1.82, 2.24) is 43.6 Å². The number of nitrogens with zero attached hydrogens (tertiary/aromatic N) is 9. The molecule has 3 aromatic rings. The zero-order valence-corrected chi connectivity index (χ0v) is 9.24. The molecule has 0 aromatic carbocycles. The van der Waals surface area contributed by atoms with Crippen LogP contribution in [0.4, 0.5) is 0 Å². The van der Waals surface area contributed by atoms with Gasteiger partial charge in [0.05, 0.1) is 0 Å². The molecule has 0 fully saturated rings. The van der Waals surface area contributed by atoms with Crippen LogP contribution in [0.5, 0.6) is 0 Å². The maximum absolute atomic E-state index is 13.1. The zero-order chi connectivity index (χ0) is 11.7. The minimum absolute atomic E-state index is 1.35. The summed E-state index contributed by atoms with van der Waals surface area (Å²) in [5.74, 6) is 0. The number of hydrogen-bond acceptors (Lipinski definition) is 7. The van der Waals surface area contributed by atoms with Crippen molar-refractivity contribution in [2.45, 2.75) is 0 Å². The first-order valence-corrected chi connectivity index (χ1v) is 6.05. The summed E-state index contributed by atoms with van der Waals surface area (Å²) in [4.78, 5) is 0. The average molecular weight is 251 g/mol. The van der Waals surface area contributed by atoms with Crippen LogP contribution in [0.25, 0.3) is 0 Å². The lowest BCUT2D eigenvalue weighted by atomic mass is 11.3. The van der Waals surface area contributed by atoms with E-state index in [1.54, 1.807) is 0 Å². The number of hydrogen-bond donors (Lipinski definition) is 0. The molecule has 0 aliphatic rings. The van der Waals surface area contributed by atoms with Gasteiger partial charge < -0.3 is 0 Å². The van der Waals surface area contributed by atoms with E-state index in [0.29, 0.717) is 0 Å². The summed E-state index contributed by atoms with van der Waals surface area (Å²) in [6, 6.07) is 0. The number of aromatic nitrogens is 9. The van der Waals surface area contributed by atoms with Crippen LogP contribution in [0.3, 0.4) is 0 Å². The molecule has 0 N–H and O–H groups in total. The Bertz CT molecular complexity index is 536. The van der Waals surface area contributed by atoms with Crippen molar-refractivity contribution >= 4 is 7.59 Å². The SMILES string of the molecule is O=P(n1cnnc1)(n1cnnc1)n1cnnc1. The summed E-state index contributed by atoms with van der Waals surface area (Å²) < 4.78 is 17.1. The first-order valence-electron chi connectivity index (χ1n) is 4.48. The molecule has 3 aromatic heterocycles. The highest BCUT2D eigenvalue weighted by atomic mass is 31.2. The van der Waals surface area contributed by atoms with Crippen LogP contribution in [0.1, 0.15) is 0 Å². The van der Waals surface area contributed by atoms with Gasteiger partial charge in [-0.05, 0) is 0 Å². The van der Waals surface area contributed by atoms with Crippen LogP contribution in [0, 0.1) is 0 Å². The van der Waals surface area contributed by atoms with Crippen molar-refractivity contribution in [3.05, 3.63) is 38.0 Å². The van der Waals surface area contributed by atoms with E-state index < -0.39 is 7.59 Å². The van der Waals surface area contributed by atoms with E-state index in [1.807, 2.05) is 0 Å². The van der Waals surface area contributed by atoms with Gasteiger partial charge in [0, 0.05) is 0 Å². The Kier molecular flexibility index (Phi) is 2.08. The molecule has 11 heteroatoms. The smallest absolute Gasteiger partial charge is 0.248 e. The summed E-state index contributed by atoms with van der Waals surface area (Å²) in [5.41, 5.74) is 0. The second-order valence-electron chi connectivity index (χ2n) is 3.04. The topological polar surface area (TPSA) is 109 Å². The molecule has 0 saturated heterocycles. The van der Waals surface area contributed by atoms with Gasteiger partial charge in [0.25, 0.3) is 0 Å². The summed E-state index contributed by atoms with van der Waals surface area (Å²) in [7, 11) is -3.26. The van der Waals surface area contributed by atoms with Crippen molar-refractivity contribution in [3.8, 4) is 0 Å². The van der Waals surface area contributed by atoms with Gasteiger partial charge in [0.1, 0.15) is 38.0 Å². The van der Waals surface area contributed by atoms with E-state index in [4.69, 9.17) is 0 Å². The highest BCUT2D eigenvalue weighted by molar-refractivity contribution is 7.59. The van der Waals surface area contributed by atoms with Gasteiger partial charge in [-0.25, -0.2) is 17.6 Å². The monoisotopic (exact) mass is 251 g/mol. The average Bonchev–Trinajstić information content (AvgIpc) is 3.10. The summed E-state index contributed by atoms with van der Waals surface area (Å²) in [6.45, 7) is 0. The van der Waals surface area contributed by atoms with Crippen molar-refractivity contribution < 1.29 is 4.57 Å². The zero-order valence-electron chi connectivity index (χ0n) is 8.34. The molecule has 0 bridgehead atoms. The molecule has 0 aliphatic heterocycles. The molecule has 0 atom stereocenters. The Morgan fingerprint density at radius 3 is 1.06 bits per heavy atom. The lowest BCUT2D eigenvalue weighted by molar-refractivity contribution is 0.552. The van der Waals surface area contributed by atoms with Crippen molar-refractivity contribution in [2.75, 3.05) is 0 Å². The van der Waals surface area contributed by atoms with Gasteiger partial charge in [0.15, 0.2) is 0 Å². The number of rotatable bonds is 3. The van der Waals surface area contributed by atoms with Crippen LogP contribution < -0.4 is 0 Å². The van der Waals surface area contributed by atoms with Crippen molar-refractivity contribution in [3.63, 3.8) is 0 Å². The molecule has 0 aliphatic carbocycles. The molecule has 0 unspecified atom stereocenters. The second-order valence-corrected chi connectivity index (χ2v) is 5.45. The van der Waals surface area contributed by atoms with Gasteiger partial charge in [-0.3, -0.25) is 0 Å². The maximum Gasteiger partial charge on any atom is 0.378 e. The highest BCUT2D eigenvalue weighted by Crippen LogP contribution is 2.48. The Morgan fingerprint density at radius 2 is 0.824 bits per heavy atom. The normalized spacial score (nSPS) is 11.8. The van der Waals surface area contributed by atoms with Gasteiger partial charge in [-0.2, -0.15) is 0 Å². The lowest BCUT2D eigenvalue weighted by Gasteiger charge is -2.18. The minimum Gasteiger partial charge on any atom is -0.248 e. The first kappa shape index (κ1) is 9.85. The highest BCUT2D eigenvalue weighted by Gasteiger charge is 2.29. The quantitative estimate of drug-likeness (QED) is 0.578. The van der Waals surface area contributed by atoms with Crippen LogP contribution in [0.15, 0.2) is 38.0 Å². The first-order chi connectivity index (χ1) is 8.32. The fourth-order valence-corrected chi connectivity index (χ4v) is 3.15. The minimum atomic E-state index is -3.26. The molecular weight excluding hydrogens is 245 g/mol. The van der Waals surface area contributed by atoms with E-state index in [-0.39, 0.29) is 0 Å². The fraction of sp³-hybridized carbons (Fsp3) is 0. The summed E-state index contributed by atoms with van der Waals surface area (Å²) in [5, 5.41) is 21.8. The van der Waals surface area contributed by atoms with Crippen molar-refractivity contribution in [2.24, 2.45) is 0 Å².